The lowest BCUT2D eigenvalue weighted by Crippen LogP contribution is -2.05. The first-order valence-electron chi connectivity index (χ1n) is 8.71. The fourth-order valence-electron chi connectivity index (χ4n) is 3.53. The van der Waals surface area contributed by atoms with Gasteiger partial charge in [-0.2, -0.15) is 13.2 Å². The van der Waals surface area contributed by atoms with E-state index >= 15 is 0 Å². The highest BCUT2D eigenvalue weighted by Crippen LogP contribution is 2.37. The number of hydrogen-bond donors (Lipinski definition) is 0. The Bertz CT molecular complexity index is 1100. The molecule has 0 saturated carbocycles. The van der Waals surface area contributed by atoms with Crippen LogP contribution in [0, 0.1) is 13.8 Å². The van der Waals surface area contributed by atoms with E-state index in [9.17, 15) is 13.2 Å². The number of aromatic nitrogens is 1. The molecule has 0 radical (unpaired) electrons. The van der Waals surface area contributed by atoms with Gasteiger partial charge in [0, 0.05) is 11.1 Å². The second-order valence-corrected chi connectivity index (χ2v) is 6.74. The quantitative estimate of drug-likeness (QED) is 0.363. The number of rotatable bonds is 2. The molecular formula is C23H18F3N. The van der Waals surface area contributed by atoms with Crippen LogP contribution in [0.1, 0.15) is 16.7 Å². The van der Waals surface area contributed by atoms with Crippen molar-refractivity contribution >= 4 is 10.9 Å². The first kappa shape index (κ1) is 17.4. The number of nitrogens with zero attached hydrogens (tertiary/aromatic N) is 1. The van der Waals surface area contributed by atoms with E-state index < -0.39 is 11.7 Å². The molecule has 136 valence electrons. The van der Waals surface area contributed by atoms with Gasteiger partial charge in [0.1, 0.15) is 0 Å². The fraction of sp³-hybridized carbons (Fsp3) is 0.130. The summed E-state index contributed by atoms with van der Waals surface area (Å²) in [5.74, 6) is 0. The molecule has 4 aromatic rings. The Hall–Kier alpha value is -3.01. The number of alkyl halides is 3. The third kappa shape index (κ3) is 3.01. The molecule has 1 heterocycles. The number of hydrogen-bond acceptors (Lipinski definition) is 0. The summed E-state index contributed by atoms with van der Waals surface area (Å²) in [6, 6.07) is 21.5. The lowest BCUT2D eigenvalue weighted by molar-refractivity contribution is -0.137. The van der Waals surface area contributed by atoms with Gasteiger partial charge in [-0.05, 0) is 55.3 Å². The highest BCUT2D eigenvalue weighted by atomic mass is 19.4. The Morgan fingerprint density at radius 3 is 2.00 bits per heavy atom. The Balaban J connectivity index is 1.99. The van der Waals surface area contributed by atoms with Crippen molar-refractivity contribution in [2.45, 2.75) is 20.0 Å². The molecule has 1 nitrogen and oxygen atoms in total. The molecule has 1 aromatic heterocycles. The minimum Gasteiger partial charge on any atom is -0.309 e. The van der Waals surface area contributed by atoms with E-state index in [4.69, 9.17) is 0 Å². The zero-order valence-electron chi connectivity index (χ0n) is 15.0. The Kier molecular flexibility index (Phi) is 4.06. The number of para-hydroxylation sites is 1. The van der Waals surface area contributed by atoms with E-state index in [0.29, 0.717) is 5.69 Å². The molecule has 0 aliphatic carbocycles. The van der Waals surface area contributed by atoms with Gasteiger partial charge in [0.15, 0.2) is 0 Å². The van der Waals surface area contributed by atoms with Crippen LogP contribution in [0.3, 0.4) is 0 Å². The minimum atomic E-state index is -4.34. The predicted octanol–water partition coefficient (Wildman–Crippen LogP) is 6.93. The molecule has 3 aromatic carbocycles. The van der Waals surface area contributed by atoms with Crippen LogP contribution in [0.25, 0.3) is 27.8 Å². The summed E-state index contributed by atoms with van der Waals surface area (Å²) in [6.07, 6.45) is -4.34. The van der Waals surface area contributed by atoms with E-state index in [1.807, 2.05) is 47.9 Å². The molecular weight excluding hydrogens is 347 g/mol. The van der Waals surface area contributed by atoms with Crippen LogP contribution in [0.15, 0.2) is 72.8 Å². The van der Waals surface area contributed by atoms with Gasteiger partial charge in [-0.1, -0.05) is 48.0 Å². The molecule has 27 heavy (non-hydrogen) atoms. The van der Waals surface area contributed by atoms with Gasteiger partial charge in [-0.15, -0.1) is 0 Å². The number of fused-ring (bicyclic) bond motifs is 1. The highest BCUT2D eigenvalue weighted by Gasteiger charge is 2.30. The van der Waals surface area contributed by atoms with Crippen LogP contribution in [-0.2, 0) is 6.18 Å². The van der Waals surface area contributed by atoms with Gasteiger partial charge >= 0.3 is 6.18 Å². The predicted molar refractivity (Wildman–Crippen MR) is 103 cm³/mol. The maximum atomic E-state index is 13.0. The lowest BCUT2D eigenvalue weighted by Gasteiger charge is -2.14. The van der Waals surface area contributed by atoms with E-state index in [-0.39, 0.29) is 0 Å². The SMILES string of the molecule is Cc1ccc(-c2c(C)c3ccccc3n2-c2ccc(C(F)(F)F)cc2)cc1. The van der Waals surface area contributed by atoms with Crippen LogP contribution in [-0.4, -0.2) is 4.57 Å². The molecule has 0 aliphatic heterocycles. The van der Waals surface area contributed by atoms with Crippen molar-refractivity contribution in [2.75, 3.05) is 0 Å². The van der Waals surface area contributed by atoms with Crippen molar-refractivity contribution in [2.24, 2.45) is 0 Å². The average molecular weight is 365 g/mol. The number of halogens is 3. The van der Waals surface area contributed by atoms with E-state index in [1.165, 1.54) is 12.1 Å². The maximum Gasteiger partial charge on any atom is 0.416 e. The van der Waals surface area contributed by atoms with Gasteiger partial charge in [-0.3, -0.25) is 0 Å². The van der Waals surface area contributed by atoms with Crippen molar-refractivity contribution < 1.29 is 13.2 Å². The third-order valence-electron chi connectivity index (χ3n) is 4.91. The van der Waals surface area contributed by atoms with E-state index in [0.717, 1.165) is 45.4 Å². The number of benzene rings is 3. The molecule has 0 unspecified atom stereocenters. The highest BCUT2D eigenvalue weighted by molar-refractivity contribution is 5.93. The van der Waals surface area contributed by atoms with Crippen LogP contribution < -0.4 is 0 Å². The van der Waals surface area contributed by atoms with Crippen LogP contribution in [0.2, 0.25) is 0 Å². The summed E-state index contributed by atoms with van der Waals surface area (Å²) in [7, 11) is 0. The largest absolute Gasteiger partial charge is 0.416 e. The zero-order valence-corrected chi connectivity index (χ0v) is 15.0. The molecule has 4 heteroatoms. The maximum absolute atomic E-state index is 13.0. The Morgan fingerprint density at radius 1 is 0.741 bits per heavy atom. The van der Waals surface area contributed by atoms with E-state index in [1.54, 1.807) is 0 Å². The smallest absolute Gasteiger partial charge is 0.309 e. The normalized spacial score (nSPS) is 11.9. The summed E-state index contributed by atoms with van der Waals surface area (Å²) >= 11 is 0. The van der Waals surface area contributed by atoms with Gasteiger partial charge in [-0.25, -0.2) is 0 Å². The minimum absolute atomic E-state index is 0.642. The van der Waals surface area contributed by atoms with Gasteiger partial charge in [0.25, 0.3) is 0 Å². The second kappa shape index (κ2) is 6.31. The van der Waals surface area contributed by atoms with Crippen molar-refractivity contribution in [3.63, 3.8) is 0 Å². The van der Waals surface area contributed by atoms with Crippen LogP contribution >= 0.6 is 0 Å². The Morgan fingerprint density at radius 2 is 1.37 bits per heavy atom. The third-order valence-corrected chi connectivity index (χ3v) is 4.91. The summed E-state index contributed by atoms with van der Waals surface area (Å²) in [4.78, 5) is 0. The molecule has 0 fully saturated rings. The van der Waals surface area contributed by atoms with Crippen molar-refractivity contribution in [1.82, 2.24) is 4.57 Å². The fourth-order valence-corrected chi connectivity index (χ4v) is 3.53. The topological polar surface area (TPSA) is 4.93 Å². The first-order chi connectivity index (χ1) is 12.9. The van der Waals surface area contributed by atoms with Crippen molar-refractivity contribution in [3.8, 4) is 16.9 Å². The van der Waals surface area contributed by atoms with Gasteiger partial charge in [0.05, 0.1) is 16.8 Å². The van der Waals surface area contributed by atoms with Crippen molar-refractivity contribution in [3.05, 3.63) is 89.5 Å². The molecule has 0 spiro atoms. The number of aryl methyl sites for hydroxylation is 2. The summed E-state index contributed by atoms with van der Waals surface area (Å²) in [5, 5.41) is 1.09. The first-order valence-corrected chi connectivity index (χ1v) is 8.71. The summed E-state index contributed by atoms with van der Waals surface area (Å²) in [6.45, 7) is 4.08. The molecule has 0 atom stereocenters. The van der Waals surface area contributed by atoms with Crippen molar-refractivity contribution in [1.29, 1.82) is 0 Å². The lowest BCUT2D eigenvalue weighted by atomic mass is 10.0. The zero-order chi connectivity index (χ0) is 19.2. The average Bonchev–Trinajstić information content (AvgIpc) is 2.95. The monoisotopic (exact) mass is 365 g/mol. The Labute approximate surface area is 155 Å². The van der Waals surface area contributed by atoms with E-state index in [2.05, 4.69) is 19.1 Å². The second-order valence-electron chi connectivity index (χ2n) is 6.74. The molecule has 0 bridgehead atoms. The molecule has 0 amide bonds. The molecule has 0 N–H and O–H groups in total. The standard InChI is InChI=1S/C23H18F3N/c1-15-7-9-17(10-8-15)22-16(2)20-5-3-4-6-21(20)27(22)19-13-11-18(12-14-19)23(24,25)26/h3-14H,1-2H3. The molecule has 4 rings (SSSR count). The van der Waals surface area contributed by atoms with Crippen LogP contribution in [0.5, 0.6) is 0 Å². The summed E-state index contributed by atoms with van der Waals surface area (Å²) < 4.78 is 40.9. The van der Waals surface area contributed by atoms with Crippen LogP contribution in [0.4, 0.5) is 13.2 Å². The summed E-state index contributed by atoms with van der Waals surface area (Å²) in [5.41, 5.74) is 5.35. The van der Waals surface area contributed by atoms with Gasteiger partial charge < -0.3 is 4.57 Å². The molecule has 0 saturated heterocycles. The molecule has 0 aliphatic rings. The van der Waals surface area contributed by atoms with Gasteiger partial charge in [0.2, 0.25) is 0 Å².